The van der Waals surface area contributed by atoms with Crippen molar-refractivity contribution >= 4 is 21.8 Å². The van der Waals surface area contributed by atoms with Crippen molar-refractivity contribution in [3.05, 3.63) is 64.1 Å². The Balaban J connectivity index is 1.85. The molecular weight excluding hydrogens is 318 g/mol. The lowest BCUT2D eigenvalue weighted by atomic mass is 10.1. The van der Waals surface area contributed by atoms with Gasteiger partial charge < -0.3 is 10.1 Å². The Morgan fingerprint density at radius 3 is 2.55 bits per heavy atom. The second-order valence-electron chi connectivity index (χ2n) is 4.43. The first-order chi connectivity index (χ1) is 9.67. The maximum Gasteiger partial charge on any atom is 0.224 e. The van der Waals surface area contributed by atoms with E-state index in [4.69, 9.17) is 4.74 Å². The molecule has 0 radical (unpaired) electrons. The van der Waals surface area contributed by atoms with Gasteiger partial charge in [-0.25, -0.2) is 0 Å². The zero-order valence-electron chi connectivity index (χ0n) is 11.2. The number of carbonyl (C=O) groups is 1. The Morgan fingerprint density at radius 2 is 1.90 bits per heavy atom. The van der Waals surface area contributed by atoms with Crippen LogP contribution in [0.25, 0.3) is 0 Å². The van der Waals surface area contributed by atoms with Crippen LogP contribution in [0.5, 0.6) is 5.75 Å². The summed E-state index contributed by atoms with van der Waals surface area (Å²) in [5.41, 5.74) is 2.04. The summed E-state index contributed by atoms with van der Waals surface area (Å²) in [4.78, 5) is 11.9. The smallest absolute Gasteiger partial charge is 0.224 e. The molecule has 0 atom stereocenters. The molecule has 2 aromatic carbocycles. The average Bonchev–Trinajstić information content (AvgIpc) is 2.46. The van der Waals surface area contributed by atoms with E-state index in [1.807, 2.05) is 48.5 Å². The van der Waals surface area contributed by atoms with Crippen LogP contribution in [0.3, 0.4) is 0 Å². The van der Waals surface area contributed by atoms with Gasteiger partial charge in [0, 0.05) is 11.0 Å². The molecular formula is C16H16BrNO2. The third-order valence-corrected chi connectivity index (χ3v) is 3.40. The van der Waals surface area contributed by atoms with E-state index in [0.29, 0.717) is 13.0 Å². The highest BCUT2D eigenvalue weighted by Gasteiger charge is 2.04. The zero-order valence-corrected chi connectivity index (χ0v) is 12.8. The second kappa shape index (κ2) is 7.10. The molecule has 2 rings (SSSR count). The number of hydrogen-bond donors (Lipinski definition) is 1. The maximum atomic E-state index is 11.9. The van der Waals surface area contributed by atoms with Crippen LogP contribution < -0.4 is 10.1 Å². The molecule has 0 unspecified atom stereocenters. The van der Waals surface area contributed by atoms with Crippen LogP contribution in [0.1, 0.15) is 11.1 Å². The first kappa shape index (κ1) is 14.6. The minimum absolute atomic E-state index is 0.0129. The number of hydrogen-bond acceptors (Lipinski definition) is 2. The third-order valence-electron chi connectivity index (χ3n) is 2.90. The van der Waals surface area contributed by atoms with Gasteiger partial charge in [-0.1, -0.05) is 40.2 Å². The normalized spacial score (nSPS) is 10.1. The van der Waals surface area contributed by atoms with Crippen molar-refractivity contribution in [3.63, 3.8) is 0 Å². The lowest BCUT2D eigenvalue weighted by molar-refractivity contribution is -0.120. The van der Waals surface area contributed by atoms with Gasteiger partial charge in [0.25, 0.3) is 0 Å². The monoisotopic (exact) mass is 333 g/mol. The van der Waals surface area contributed by atoms with Gasteiger partial charge in [-0.2, -0.15) is 0 Å². The van der Waals surface area contributed by atoms with Gasteiger partial charge >= 0.3 is 0 Å². The lowest BCUT2D eigenvalue weighted by Crippen LogP contribution is -2.24. The molecule has 0 aliphatic rings. The fourth-order valence-corrected chi connectivity index (χ4v) is 2.29. The highest BCUT2D eigenvalue weighted by atomic mass is 79.9. The molecule has 1 N–H and O–H groups in total. The summed E-state index contributed by atoms with van der Waals surface area (Å²) in [6.07, 6.45) is 0.385. The Morgan fingerprint density at radius 1 is 1.15 bits per heavy atom. The molecule has 104 valence electrons. The highest BCUT2D eigenvalue weighted by Crippen LogP contribution is 2.13. The Kier molecular flexibility index (Phi) is 5.18. The van der Waals surface area contributed by atoms with Gasteiger partial charge in [-0.15, -0.1) is 0 Å². The predicted octanol–water partition coefficient (Wildman–Crippen LogP) is 3.32. The van der Waals surface area contributed by atoms with Crippen molar-refractivity contribution in [3.8, 4) is 5.75 Å². The Labute approximate surface area is 127 Å². The summed E-state index contributed by atoms with van der Waals surface area (Å²) in [7, 11) is 1.63. The zero-order chi connectivity index (χ0) is 14.4. The molecule has 0 aliphatic carbocycles. The molecule has 2 aromatic rings. The van der Waals surface area contributed by atoms with E-state index in [2.05, 4.69) is 21.2 Å². The average molecular weight is 334 g/mol. The molecule has 0 saturated heterocycles. The van der Waals surface area contributed by atoms with Crippen LogP contribution in [-0.2, 0) is 17.8 Å². The van der Waals surface area contributed by atoms with Crippen molar-refractivity contribution in [1.82, 2.24) is 5.32 Å². The summed E-state index contributed by atoms with van der Waals surface area (Å²) in [6.45, 7) is 0.525. The molecule has 0 fully saturated rings. The fraction of sp³-hybridized carbons (Fsp3) is 0.188. The molecule has 20 heavy (non-hydrogen) atoms. The molecule has 0 saturated carbocycles. The molecule has 3 nitrogen and oxygen atoms in total. The van der Waals surface area contributed by atoms with Gasteiger partial charge in [-0.3, -0.25) is 4.79 Å². The van der Waals surface area contributed by atoms with E-state index >= 15 is 0 Å². The van der Waals surface area contributed by atoms with Gasteiger partial charge in [-0.05, 0) is 35.4 Å². The molecule has 0 aromatic heterocycles. The molecule has 0 heterocycles. The van der Waals surface area contributed by atoms with Crippen molar-refractivity contribution in [2.75, 3.05) is 7.11 Å². The topological polar surface area (TPSA) is 38.3 Å². The van der Waals surface area contributed by atoms with Crippen molar-refractivity contribution in [2.24, 2.45) is 0 Å². The predicted molar refractivity (Wildman–Crippen MR) is 82.7 cm³/mol. The van der Waals surface area contributed by atoms with Gasteiger partial charge in [0.1, 0.15) is 5.75 Å². The molecule has 4 heteroatoms. The first-order valence-corrected chi connectivity index (χ1v) is 7.11. The van der Waals surface area contributed by atoms with Crippen molar-refractivity contribution in [2.45, 2.75) is 13.0 Å². The van der Waals surface area contributed by atoms with E-state index in [1.165, 1.54) is 0 Å². The molecule has 0 spiro atoms. The number of rotatable bonds is 5. The summed E-state index contributed by atoms with van der Waals surface area (Å²) in [5, 5.41) is 2.91. The first-order valence-electron chi connectivity index (χ1n) is 6.31. The minimum Gasteiger partial charge on any atom is -0.497 e. The van der Waals surface area contributed by atoms with Crippen LogP contribution in [0.15, 0.2) is 53.0 Å². The van der Waals surface area contributed by atoms with Gasteiger partial charge in [0.15, 0.2) is 0 Å². The molecule has 0 aliphatic heterocycles. The van der Waals surface area contributed by atoms with Crippen LogP contribution in [0.4, 0.5) is 0 Å². The fourth-order valence-electron chi connectivity index (χ4n) is 1.84. The molecule has 0 bridgehead atoms. The van der Waals surface area contributed by atoms with Gasteiger partial charge in [0.2, 0.25) is 5.91 Å². The maximum absolute atomic E-state index is 11.9. The highest BCUT2D eigenvalue weighted by molar-refractivity contribution is 9.10. The number of ether oxygens (including phenoxy) is 1. The minimum atomic E-state index is 0.0129. The van der Waals surface area contributed by atoms with Crippen LogP contribution in [0.2, 0.25) is 0 Å². The van der Waals surface area contributed by atoms with E-state index in [9.17, 15) is 4.79 Å². The van der Waals surface area contributed by atoms with E-state index < -0.39 is 0 Å². The Hall–Kier alpha value is -1.81. The number of amides is 1. The van der Waals surface area contributed by atoms with Crippen LogP contribution >= 0.6 is 15.9 Å². The lowest BCUT2D eigenvalue weighted by Gasteiger charge is -2.07. The number of halogens is 1. The third kappa shape index (κ3) is 4.38. The number of nitrogens with one attached hydrogen (secondary N) is 1. The van der Waals surface area contributed by atoms with E-state index in [1.54, 1.807) is 7.11 Å². The Bertz CT molecular complexity index is 581. The SMILES string of the molecule is COc1ccc(CNC(=O)Cc2cccc(Br)c2)cc1. The van der Waals surface area contributed by atoms with Crippen LogP contribution in [0, 0.1) is 0 Å². The van der Waals surface area contributed by atoms with Crippen molar-refractivity contribution in [1.29, 1.82) is 0 Å². The second-order valence-corrected chi connectivity index (χ2v) is 5.35. The summed E-state index contributed by atoms with van der Waals surface area (Å²) >= 11 is 3.40. The van der Waals surface area contributed by atoms with Crippen LogP contribution in [-0.4, -0.2) is 13.0 Å². The summed E-state index contributed by atoms with van der Waals surface area (Å²) in [6, 6.07) is 15.4. The summed E-state index contributed by atoms with van der Waals surface area (Å²) in [5.74, 6) is 0.827. The number of carbonyl (C=O) groups excluding carboxylic acids is 1. The quantitative estimate of drug-likeness (QED) is 0.911. The molecule has 1 amide bonds. The standard InChI is InChI=1S/C16H16BrNO2/c1-20-15-7-5-12(6-8-15)11-18-16(19)10-13-3-2-4-14(17)9-13/h2-9H,10-11H2,1H3,(H,18,19). The van der Waals surface area contributed by atoms with E-state index in [-0.39, 0.29) is 5.91 Å². The van der Waals surface area contributed by atoms with Crippen molar-refractivity contribution < 1.29 is 9.53 Å². The van der Waals surface area contributed by atoms with E-state index in [0.717, 1.165) is 21.3 Å². The largest absolute Gasteiger partial charge is 0.497 e. The summed E-state index contributed by atoms with van der Waals surface area (Å²) < 4.78 is 6.08. The number of methoxy groups -OCH3 is 1. The van der Waals surface area contributed by atoms with Gasteiger partial charge in [0.05, 0.1) is 13.5 Å². The number of benzene rings is 2.